The Morgan fingerprint density at radius 2 is 1.93 bits per heavy atom. The predicted octanol–water partition coefficient (Wildman–Crippen LogP) is 7.35. The number of carboxylic acid groups (broad SMARTS) is 1. The van der Waals surface area contributed by atoms with Crippen molar-refractivity contribution < 1.29 is 28.3 Å². The lowest BCUT2D eigenvalue weighted by atomic mass is 9.97. The monoisotopic (exact) mass is 587 g/mol. The van der Waals surface area contributed by atoms with Gasteiger partial charge >= 0.3 is 12.0 Å². The molecule has 2 aromatic carbocycles. The highest BCUT2D eigenvalue weighted by molar-refractivity contribution is 6.39. The van der Waals surface area contributed by atoms with E-state index in [0.717, 1.165) is 48.8 Å². The molecule has 4 atom stereocenters. The Kier molecular flexibility index (Phi) is 7.23. The van der Waals surface area contributed by atoms with E-state index in [2.05, 4.69) is 17.4 Å². The number of carbonyl (C=O) groups excluding carboxylic acids is 1. The lowest BCUT2D eigenvalue weighted by Gasteiger charge is -2.39. The van der Waals surface area contributed by atoms with E-state index in [1.165, 1.54) is 0 Å². The number of fused-ring (bicyclic) bond motifs is 2. The number of aromatic nitrogens is 1. The summed E-state index contributed by atoms with van der Waals surface area (Å²) < 4.78 is 26.6. The number of halogens is 3. The fraction of sp³-hybridized carbons (Fsp3) is 0.414. The first-order chi connectivity index (χ1) is 19.2. The maximum atomic E-state index is 14.4. The Morgan fingerprint density at radius 1 is 1.18 bits per heavy atom. The molecule has 11 heteroatoms. The average molecular weight is 588 g/mol. The van der Waals surface area contributed by atoms with Crippen molar-refractivity contribution in [2.75, 3.05) is 5.32 Å². The van der Waals surface area contributed by atoms with E-state index in [9.17, 15) is 19.1 Å². The highest BCUT2D eigenvalue weighted by Gasteiger charge is 2.48. The Labute approximate surface area is 240 Å². The van der Waals surface area contributed by atoms with E-state index in [-0.39, 0.29) is 42.0 Å². The fourth-order valence-corrected chi connectivity index (χ4v) is 6.68. The second-order valence-corrected chi connectivity index (χ2v) is 11.7. The van der Waals surface area contributed by atoms with Crippen LogP contribution in [0.15, 0.2) is 40.9 Å². The number of carbonyl (C=O) groups is 2. The maximum Gasteiger partial charge on any atom is 0.335 e. The number of hydrogen-bond acceptors (Lipinski definition) is 5. The van der Waals surface area contributed by atoms with Gasteiger partial charge in [0, 0.05) is 29.1 Å². The molecule has 1 aliphatic carbocycles. The molecule has 2 unspecified atom stereocenters. The molecule has 0 radical (unpaired) electrons. The summed E-state index contributed by atoms with van der Waals surface area (Å²) in [4.78, 5) is 26.3. The highest BCUT2D eigenvalue weighted by Crippen LogP contribution is 2.47. The van der Waals surface area contributed by atoms with Gasteiger partial charge < -0.3 is 24.6 Å². The molecule has 3 heterocycles. The van der Waals surface area contributed by atoms with Gasteiger partial charge in [-0.25, -0.2) is 14.0 Å². The van der Waals surface area contributed by atoms with E-state index in [1.807, 2.05) is 0 Å². The van der Waals surface area contributed by atoms with Gasteiger partial charge in [0.1, 0.15) is 17.3 Å². The first kappa shape index (κ1) is 27.1. The number of rotatable bonds is 7. The Morgan fingerprint density at radius 3 is 2.60 bits per heavy atom. The van der Waals surface area contributed by atoms with Gasteiger partial charge in [0.2, 0.25) is 0 Å². The zero-order valence-electron chi connectivity index (χ0n) is 21.7. The minimum atomic E-state index is -1.19. The molecule has 210 valence electrons. The summed E-state index contributed by atoms with van der Waals surface area (Å²) in [5.74, 6) is -0.534. The number of carboxylic acids is 1. The predicted molar refractivity (Wildman–Crippen MR) is 147 cm³/mol. The topological polar surface area (TPSA) is 105 Å². The van der Waals surface area contributed by atoms with Crippen LogP contribution in [0, 0.1) is 11.7 Å². The van der Waals surface area contributed by atoms with Gasteiger partial charge in [0.15, 0.2) is 0 Å². The van der Waals surface area contributed by atoms with Crippen molar-refractivity contribution in [2.45, 2.75) is 69.7 Å². The first-order valence-corrected chi connectivity index (χ1v) is 14.1. The van der Waals surface area contributed by atoms with E-state index in [0.29, 0.717) is 40.1 Å². The number of piperidine rings is 1. The summed E-state index contributed by atoms with van der Waals surface area (Å²) in [6, 6.07) is 8.03. The lowest BCUT2D eigenvalue weighted by Crippen LogP contribution is -2.51. The standard InChI is InChI=1S/C29H28Cl2FN3O5/c1-14-9-17-11-18(12-24(14)35(17)29(38)33-23-10-16(28(36)37)7-8-22(23)32)39-13-19-26(34-40-27(19)15-5-6-15)25-20(30)3-2-4-21(25)31/h2-4,7-8,10,14-15,17-18,24H,5-6,9,11-13H2,1H3,(H,33,38)(H,36,37)/t14-,17?,18+,24?/m1/s1. The van der Waals surface area contributed by atoms with E-state index >= 15 is 0 Å². The van der Waals surface area contributed by atoms with Crippen LogP contribution in [0.25, 0.3) is 11.3 Å². The molecule has 40 heavy (non-hydrogen) atoms. The van der Waals surface area contributed by atoms with Crippen LogP contribution in [0.4, 0.5) is 14.9 Å². The third-order valence-electron chi connectivity index (χ3n) is 8.21. The molecule has 8 nitrogen and oxygen atoms in total. The SMILES string of the molecule is C[C@@H]1CC2C[C@H](OCc3c(-c4c(Cl)cccc4Cl)noc3C3CC3)CC1N2C(=O)Nc1cc(C(=O)O)ccc1F. The minimum absolute atomic E-state index is 0.0904. The summed E-state index contributed by atoms with van der Waals surface area (Å²) in [6.45, 7) is 2.38. The molecule has 2 N–H and O–H groups in total. The summed E-state index contributed by atoms with van der Waals surface area (Å²) in [7, 11) is 0. The van der Waals surface area contributed by atoms with E-state index in [4.69, 9.17) is 32.5 Å². The third-order valence-corrected chi connectivity index (χ3v) is 8.84. The highest BCUT2D eigenvalue weighted by atomic mass is 35.5. The first-order valence-electron chi connectivity index (χ1n) is 13.4. The zero-order valence-corrected chi connectivity index (χ0v) is 23.2. The number of aromatic carboxylic acids is 1. The second kappa shape index (κ2) is 10.7. The lowest BCUT2D eigenvalue weighted by molar-refractivity contribution is -0.0181. The molecule has 2 saturated heterocycles. The average Bonchev–Trinajstić information content (AvgIpc) is 3.63. The quantitative estimate of drug-likeness (QED) is 0.299. The largest absolute Gasteiger partial charge is 0.478 e. The molecule has 1 saturated carbocycles. The molecule has 2 bridgehead atoms. The molecule has 3 aromatic rings. The van der Waals surface area contributed by atoms with Crippen molar-refractivity contribution in [3.05, 3.63) is 69.1 Å². The zero-order chi connectivity index (χ0) is 28.1. The van der Waals surface area contributed by atoms with Crippen LogP contribution in [0.2, 0.25) is 10.0 Å². The van der Waals surface area contributed by atoms with Gasteiger partial charge in [0.25, 0.3) is 0 Å². The van der Waals surface area contributed by atoms with Crippen molar-refractivity contribution in [2.24, 2.45) is 5.92 Å². The van der Waals surface area contributed by atoms with Gasteiger partial charge in [-0.3, -0.25) is 0 Å². The smallest absolute Gasteiger partial charge is 0.335 e. The molecular formula is C29H28Cl2FN3O5. The number of nitrogens with zero attached hydrogens (tertiary/aromatic N) is 2. The van der Waals surface area contributed by atoms with Gasteiger partial charge in [-0.2, -0.15) is 0 Å². The number of nitrogens with one attached hydrogen (secondary N) is 1. The van der Waals surface area contributed by atoms with Gasteiger partial charge in [-0.1, -0.05) is 41.3 Å². The molecule has 2 amide bonds. The summed E-state index contributed by atoms with van der Waals surface area (Å²) in [5.41, 5.74) is 1.82. The van der Waals surface area contributed by atoms with Crippen molar-refractivity contribution in [1.82, 2.24) is 10.1 Å². The summed E-state index contributed by atoms with van der Waals surface area (Å²) in [5, 5.41) is 17.1. The maximum absolute atomic E-state index is 14.4. The van der Waals surface area contributed by atoms with E-state index < -0.39 is 17.8 Å². The number of benzene rings is 2. The van der Waals surface area contributed by atoms with Crippen LogP contribution in [-0.2, 0) is 11.3 Å². The van der Waals surface area contributed by atoms with Crippen LogP contribution in [0.1, 0.15) is 66.6 Å². The number of amides is 2. The molecule has 2 aliphatic heterocycles. The minimum Gasteiger partial charge on any atom is -0.478 e. The Balaban J connectivity index is 1.17. The normalized spacial score (nSPS) is 23.9. The van der Waals surface area contributed by atoms with Gasteiger partial charge in [0.05, 0.1) is 34.0 Å². The molecule has 1 aromatic heterocycles. The van der Waals surface area contributed by atoms with Crippen LogP contribution in [0.5, 0.6) is 0 Å². The molecular weight excluding hydrogens is 560 g/mol. The summed E-state index contributed by atoms with van der Waals surface area (Å²) >= 11 is 13.0. The Bertz CT molecular complexity index is 1460. The van der Waals surface area contributed by atoms with Gasteiger partial charge in [-0.05, 0) is 68.4 Å². The van der Waals surface area contributed by atoms with Crippen LogP contribution >= 0.6 is 23.2 Å². The van der Waals surface area contributed by atoms with Crippen LogP contribution in [-0.4, -0.2) is 45.4 Å². The van der Waals surface area contributed by atoms with Crippen molar-refractivity contribution in [3.63, 3.8) is 0 Å². The van der Waals surface area contributed by atoms with E-state index in [1.54, 1.807) is 23.1 Å². The number of ether oxygens (including phenoxy) is 1. The van der Waals surface area contributed by atoms with Crippen LogP contribution < -0.4 is 5.32 Å². The number of hydrogen-bond donors (Lipinski definition) is 2. The number of urea groups is 1. The number of anilines is 1. The molecule has 6 rings (SSSR count). The second-order valence-electron chi connectivity index (χ2n) is 10.9. The van der Waals surface area contributed by atoms with Crippen molar-refractivity contribution >= 4 is 40.9 Å². The third kappa shape index (κ3) is 5.06. The molecule has 3 fully saturated rings. The summed E-state index contributed by atoms with van der Waals surface area (Å²) in [6.07, 6.45) is 4.00. The van der Waals surface area contributed by atoms with Crippen molar-refractivity contribution in [3.8, 4) is 11.3 Å². The van der Waals surface area contributed by atoms with Crippen molar-refractivity contribution in [1.29, 1.82) is 0 Å². The van der Waals surface area contributed by atoms with Gasteiger partial charge in [-0.15, -0.1) is 0 Å². The fourth-order valence-electron chi connectivity index (χ4n) is 6.11. The van der Waals surface area contributed by atoms with Crippen LogP contribution in [0.3, 0.4) is 0 Å². The molecule has 3 aliphatic rings. The molecule has 0 spiro atoms. The Hall–Kier alpha value is -3.14.